The maximum atomic E-state index is 9.87. The normalized spacial score (nSPS) is 34.9. The number of rotatable bonds is 4. The first kappa shape index (κ1) is 10.4. The summed E-state index contributed by atoms with van der Waals surface area (Å²) >= 11 is 0. The molecule has 0 aromatic heterocycles. The molecule has 2 rings (SSSR count). The van der Waals surface area contributed by atoms with Crippen molar-refractivity contribution >= 4 is 0 Å². The van der Waals surface area contributed by atoms with Crippen molar-refractivity contribution < 1.29 is 14.6 Å². The van der Waals surface area contributed by atoms with Crippen molar-refractivity contribution in [2.75, 3.05) is 19.8 Å². The van der Waals surface area contributed by atoms with E-state index in [0.717, 1.165) is 39.1 Å². The fraction of sp³-hybridized carbons (Fsp3) is 1.00. The lowest BCUT2D eigenvalue weighted by Gasteiger charge is -2.18. The highest BCUT2D eigenvalue weighted by atomic mass is 16.5. The molecule has 0 spiro atoms. The molecule has 3 nitrogen and oxygen atoms in total. The summed E-state index contributed by atoms with van der Waals surface area (Å²) in [5.41, 5.74) is 0. The summed E-state index contributed by atoms with van der Waals surface area (Å²) in [6, 6.07) is 0. The van der Waals surface area contributed by atoms with Crippen molar-refractivity contribution in [1.29, 1.82) is 0 Å². The van der Waals surface area contributed by atoms with Gasteiger partial charge in [0.05, 0.1) is 18.8 Å². The van der Waals surface area contributed by atoms with Crippen LogP contribution in [-0.4, -0.2) is 37.1 Å². The van der Waals surface area contributed by atoms with Crippen molar-refractivity contribution in [2.45, 2.75) is 44.3 Å². The second kappa shape index (κ2) is 5.10. The number of aliphatic hydroxyl groups is 1. The maximum absolute atomic E-state index is 9.87. The smallest absolute Gasteiger partial charge is 0.0592 e. The molecule has 3 atom stereocenters. The standard InChI is InChI=1S/C11H20O3/c12-11(9-5-7-13-8-9)4-3-10-2-1-6-14-10/h9-12H,1-8H2. The third-order valence-electron chi connectivity index (χ3n) is 3.32. The van der Waals surface area contributed by atoms with Crippen LogP contribution in [0.25, 0.3) is 0 Å². The first-order valence-corrected chi connectivity index (χ1v) is 5.73. The van der Waals surface area contributed by atoms with Crippen molar-refractivity contribution in [2.24, 2.45) is 5.92 Å². The van der Waals surface area contributed by atoms with Crippen LogP contribution in [0.15, 0.2) is 0 Å². The van der Waals surface area contributed by atoms with Crippen molar-refractivity contribution in [3.63, 3.8) is 0 Å². The van der Waals surface area contributed by atoms with Crippen LogP contribution in [0, 0.1) is 5.92 Å². The first-order valence-electron chi connectivity index (χ1n) is 5.73. The molecule has 0 bridgehead atoms. The second-order valence-corrected chi connectivity index (χ2v) is 4.40. The fourth-order valence-electron chi connectivity index (χ4n) is 2.32. The van der Waals surface area contributed by atoms with Gasteiger partial charge in [-0.25, -0.2) is 0 Å². The molecule has 14 heavy (non-hydrogen) atoms. The quantitative estimate of drug-likeness (QED) is 0.744. The predicted molar refractivity (Wildman–Crippen MR) is 53.1 cm³/mol. The fourth-order valence-corrected chi connectivity index (χ4v) is 2.32. The summed E-state index contributed by atoms with van der Waals surface area (Å²) in [5.74, 6) is 0.372. The Morgan fingerprint density at radius 3 is 2.86 bits per heavy atom. The predicted octanol–water partition coefficient (Wildman–Crippen LogP) is 1.34. The Hall–Kier alpha value is -0.120. The van der Waals surface area contributed by atoms with Crippen LogP contribution in [0.5, 0.6) is 0 Å². The van der Waals surface area contributed by atoms with Gasteiger partial charge in [-0.1, -0.05) is 0 Å². The van der Waals surface area contributed by atoms with Gasteiger partial charge in [-0.15, -0.1) is 0 Å². The largest absolute Gasteiger partial charge is 0.393 e. The van der Waals surface area contributed by atoms with Gasteiger partial charge in [0, 0.05) is 19.1 Å². The van der Waals surface area contributed by atoms with E-state index in [1.807, 2.05) is 0 Å². The van der Waals surface area contributed by atoms with E-state index in [1.165, 1.54) is 12.8 Å². The summed E-state index contributed by atoms with van der Waals surface area (Å²) in [6.45, 7) is 2.47. The van der Waals surface area contributed by atoms with Gasteiger partial charge in [-0.3, -0.25) is 0 Å². The topological polar surface area (TPSA) is 38.7 Å². The van der Waals surface area contributed by atoms with Gasteiger partial charge in [-0.05, 0) is 32.1 Å². The van der Waals surface area contributed by atoms with Gasteiger partial charge in [-0.2, -0.15) is 0 Å². The third-order valence-corrected chi connectivity index (χ3v) is 3.32. The van der Waals surface area contributed by atoms with Gasteiger partial charge < -0.3 is 14.6 Å². The molecular weight excluding hydrogens is 180 g/mol. The molecule has 0 aliphatic carbocycles. The van der Waals surface area contributed by atoms with Crippen LogP contribution >= 0.6 is 0 Å². The van der Waals surface area contributed by atoms with Gasteiger partial charge in [0.1, 0.15) is 0 Å². The number of hydrogen-bond donors (Lipinski definition) is 1. The zero-order valence-electron chi connectivity index (χ0n) is 8.65. The highest BCUT2D eigenvalue weighted by Gasteiger charge is 2.25. The summed E-state index contributed by atoms with van der Waals surface area (Å²) < 4.78 is 10.8. The Morgan fingerprint density at radius 2 is 2.21 bits per heavy atom. The molecule has 1 N–H and O–H groups in total. The van der Waals surface area contributed by atoms with E-state index in [2.05, 4.69) is 0 Å². The number of ether oxygens (including phenoxy) is 2. The molecule has 0 radical (unpaired) electrons. The SMILES string of the molecule is OC(CCC1CCCO1)C1CCOC1. The molecule has 0 aromatic rings. The molecule has 0 aromatic carbocycles. The molecule has 2 saturated heterocycles. The molecule has 2 aliphatic heterocycles. The van der Waals surface area contributed by atoms with Crippen LogP contribution in [0.4, 0.5) is 0 Å². The van der Waals surface area contributed by atoms with E-state index in [4.69, 9.17) is 9.47 Å². The average molecular weight is 200 g/mol. The van der Waals surface area contributed by atoms with Crippen LogP contribution in [-0.2, 0) is 9.47 Å². The van der Waals surface area contributed by atoms with Crippen LogP contribution in [0.1, 0.15) is 32.1 Å². The summed E-state index contributed by atoms with van der Waals surface area (Å²) in [7, 11) is 0. The average Bonchev–Trinajstić information content (AvgIpc) is 2.87. The zero-order chi connectivity index (χ0) is 9.80. The molecule has 2 aliphatic rings. The van der Waals surface area contributed by atoms with E-state index in [0.29, 0.717) is 12.0 Å². The number of hydrogen-bond acceptors (Lipinski definition) is 3. The van der Waals surface area contributed by atoms with E-state index in [-0.39, 0.29) is 6.10 Å². The van der Waals surface area contributed by atoms with Gasteiger partial charge >= 0.3 is 0 Å². The minimum absolute atomic E-state index is 0.179. The monoisotopic (exact) mass is 200 g/mol. The Bertz CT molecular complexity index is 160. The lowest BCUT2D eigenvalue weighted by molar-refractivity contribution is 0.0538. The summed E-state index contributed by atoms with van der Waals surface area (Å²) in [6.07, 6.45) is 5.50. The summed E-state index contributed by atoms with van der Waals surface area (Å²) in [5, 5.41) is 9.87. The van der Waals surface area contributed by atoms with Crippen LogP contribution in [0.3, 0.4) is 0 Å². The highest BCUT2D eigenvalue weighted by molar-refractivity contribution is 4.75. The Labute approximate surface area is 85.4 Å². The third kappa shape index (κ3) is 2.69. The van der Waals surface area contributed by atoms with E-state index in [9.17, 15) is 5.11 Å². The lowest BCUT2D eigenvalue weighted by Crippen LogP contribution is -2.22. The highest BCUT2D eigenvalue weighted by Crippen LogP contribution is 2.23. The van der Waals surface area contributed by atoms with Gasteiger partial charge in [0.15, 0.2) is 0 Å². The van der Waals surface area contributed by atoms with Crippen LogP contribution in [0.2, 0.25) is 0 Å². The van der Waals surface area contributed by atoms with Crippen molar-refractivity contribution in [1.82, 2.24) is 0 Å². The summed E-state index contributed by atoms with van der Waals surface area (Å²) in [4.78, 5) is 0. The first-order chi connectivity index (χ1) is 6.86. The Balaban J connectivity index is 1.63. The molecule has 3 unspecified atom stereocenters. The molecular formula is C11H20O3. The Morgan fingerprint density at radius 1 is 1.29 bits per heavy atom. The molecule has 3 heteroatoms. The minimum Gasteiger partial charge on any atom is -0.393 e. The van der Waals surface area contributed by atoms with E-state index in [1.54, 1.807) is 0 Å². The molecule has 82 valence electrons. The lowest BCUT2D eigenvalue weighted by atomic mass is 9.96. The minimum atomic E-state index is -0.179. The van der Waals surface area contributed by atoms with Crippen molar-refractivity contribution in [3.8, 4) is 0 Å². The molecule has 2 fully saturated rings. The van der Waals surface area contributed by atoms with E-state index < -0.39 is 0 Å². The number of aliphatic hydroxyl groups excluding tert-OH is 1. The van der Waals surface area contributed by atoms with Crippen molar-refractivity contribution in [3.05, 3.63) is 0 Å². The maximum Gasteiger partial charge on any atom is 0.0592 e. The second-order valence-electron chi connectivity index (χ2n) is 4.40. The molecule has 2 heterocycles. The Kier molecular flexibility index (Phi) is 3.79. The zero-order valence-corrected chi connectivity index (χ0v) is 8.65. The molecule has 0 amide bonds. The molecule has 0 saturated carbocycles. The van der Waals surface area contributed by atoms with Gasteiger partial charge in [0.25, 0.3) is 0 Å². The van der Waals surface area contributed by atoms with E-state index >= 15 is 0 Å². The van der Waals surface area contributed by atoms with Crippen LogP contribution < -0.4 is 0 Å². The van der Waals surface area contributed by atoms with Gasteiger partial charge in [0.2, 0.25) is 0 Å².